The van der Waals surface area contributed by atoms with Gasteiger partial charge in [-0.2, -0.15) is 0 Å². The molecule has 0 heterocycles. The van der Waals surface area contributed by atoms with E-state index >= 15 is 0 Å². The van der Waals surface area contributed by atoms with Crippen LogP contribution in [0.4, 0.5) is 0 Å². The fraction of sp³-hybridized carbons (Fsp3) is 0.615. The molecular weight excluding hydrogens is 218 g/mol. The van der Waals surface area contributed by atoms with Gasteiger partial charge >= 0.3 is 5.97 Å². The summed E-state index contributed by atoms with van der Waals surface area (Å²) >= 11 is 0. The zero-order chi connectivity index (χ0) is 13.1. The lowest BCUT2D eigenvalue weighted by Gasteiger charge is -2.15. The SMILES string of the molecule is C=C=CCCCCC(NC(=O)CC)C(=O)OC. The van der Waals surface area contributed by atoms with Crippen LogP contribution in [0.15, 0.2) is 18.4 Å². The molecule has 0 bridgehead atoms. The maximum absolute atomic E-state index is 11.4. The Balaban J connectivity index is 4.06. The second-order valence-corrected chi connectivity index (χ2v) is 3.69. The van der Waals surface area contributed by atoms with Crippen LogP contribution < -0.4 is 5.32 Å². The van der Waals surface area contributed by atoms with Gasteiger partial charge < -0.3 is 10.1 Å². The Hall–Kier alpha value is -1.54. The molecule has 0 spiro atoms. The van der Waals surface area contributed by atoms with Crippen LogP contribution >= 0.6 is 0 Å². The molecule has 0 saturated carbocycles. The molecule has 17 heavy (non-hydrogen) atoms. The molecule has 0 aromatic rings. The summed E-state index contributed by atoms with van der Waals surface area (Å²) < 4.78 is 4.65. The summed E-state index contributed by atoms with van der Waals surface area (Å²) in [4.78, 5) is 22.7. The van der Waals surface area contributed by atoms with Crippen LogP contribution in [0.2, 0.25) is 0 Å². The second kappa shape index (κ2) is 9.67. The van der Waals surface area contributed by atoms with Gasteiger partial charge in [0.15, 0.2) is 0 Å². The Labute approximate surface area is 103 Å². The van der Waals surface area contributed by atoms with Crippen molar-refractivity contribution in [2.24, 2.45) is 0 Å². The second-order valence-electron chi connectivity index (χ2n) is 3.69. The third-order valence-electron chi connectivity index (χ3n) is 2.38. The summed E-state index contributed by atoms with van der Waals surface area (Å²) in [5.41, 5.74) is 2.69. The van der Waals surface area contributed by atoms with Crippen LogP contribution in [-0.4, -0.2) is 25.0 Å². The van der Waals surface area contributed by atoms with Crippen molar-refractivity contribution in [3.05, 3.63) is 18.4 Å². The number of carbonyl (C=O) groups excluding carboxylic acids is 2. The number of methoxy groups -OCH3 is 1. The molecule has 0 radical (unpaired) electrons. The fourth-order valence-corrected chi connectivity index (χ4v) is 1.38. The standard InChI is InChI=1S/C13H21NO3/c1-4-6-7-8-9-10-11(13(16)17-3)14-12(15)5-2/h6,11H,1,5,7-10H2,2-3H3,(H,14,15). The van der Waals surface area contributed by atoms with Crippen LogP contribution in [0.3, 0.4) is 0 Å². The molecule has 0 aliphatic heterocycles. The van der Waals surface area contributed by atoms with E-state index in [0.29, 0.717) is 12.8 Å². The molecule has 0 aromatic heterocycles. The third kappa shape index (κ3) is 7.36. The average Bonchev–Trinajstić information content (AvgIpc) is 2.35. The fourth-order valence-electron chi connectivity index (χ4n) is 1.38. The molecule has 4 heteroatoms. The van der Waals surface area contributed by atoms with E-state index in [1.807, 2.05) is 6.08 Å². The highest BCUT2D eigenvalue weighted by molar-refractivity contribution is 5.84. The quantitative estimate of drug-likeness (QED) is 0.400. The van der Waals surface area contributed by atoms with Crippen LogP contribution in [0, 0.1) is 0 Å². The maximum atomic E-state index is 11.4. The predicted molar refractivity (Wildman–Crippen MR) is 66.4 cm³/mol. The molecule has 96 valence electrons. The Kier molecular flexibility index (Phi) is 8.79. The number of unbranched alkanes of at least 4 members (excludes halogenated alkanes) is 2. The minimum atomic E-state index is -0.528. The summed E-state index contributed by atoms with van der Waals surface area (Å²) in [7, 11) is 1.33. The Morgan fingerprint density at radius 1 is 1.47 bits per heavy atom. The van der Waals surface area contributed by atoms with Gasteiger partial charge in [0.2, 0.25) is 5.91 Å². The molecule has 4 nitrogen and oxygen atoms in total. The number of carbonyl (C=O) groups is 2. The summed E-state index contributed by atoms with van der Waals surface area (Å²) in [5, 5.41) is 2.66. The van der Waals surface area contributed by atoms with E-state index in [1.165, 1.54) is 7.11 Å². The van der Waals surface area contributed by atoms with Crippen LogP contribution in [-0.2, 0) is 14.3 Å². The van der Waals surface area contributed by atoms with Crippen molar-refractivity contribution < 1.29 is 14.3 Å². The number of hydrogen-bond donors (Lipinski definition) is 1. The van der Waals surface area contributed by atoms with Crippen LogP contribution in [0.5, 0.6) is 0 Å². The van der Waals surface area contributed by atoms with Gasteiger partial charge in [-0.15, -0.1) is 5.73 Å². The minimum Gasteiger partial charge on any atom is -0.467 e. The van der Waals surface area contributed by atoms with E-state index in [2.05, 4.69) is 22.4 Å². The van der Waals surface area contributed by atoms with Crippen LogP contribution in [0.1, 0.15) is 39.0 Å². The van der Waals surface area contributed by atoms with Gasteiger partial charge in [-0.3, -0.25) is 4.79 Å². The molecule has 0 rings (SSSR count). The van der Waals surface area contributed by atoms with E-state index in [4.69, 9.17) is 0 Å². The number of esters is 1. The van der Waals surface area contributed by atoms with Gasteiger partial charge in [-0.1, -0.05) is 19.9 Å². The summed E-state index contributed by atoms with van der Waals surface area (Å²) in [6.45, 7) is 5.22. The van der Waals surface area contributed by atoms with Crippen molar-refractivity contribution in [3.63, 3.8) is 0 Å². The first kappa shape index (κ1) is 15.5. The van der Waals surface area contributed by atoms with Gasteiger partial charge in [0.1, 0.15) is 6.04 Å². The zero-order valence-electron chi connectivity index (χ0n) is 10.6. The average molecular weight is 239 g/mol. The Morgan fingerprint density at radius 2 is 2.18 bits per heavy atom. The highest BCUT2D eigenvalue weighted by Crippen LogP contribution is 2.06. The number of allylic oxidation sites excluding steroid dienone is 1. The molecule has 0 aromatic carbocycles. The van der Waals surface area contributed by atoms with E-state index < -0.39 is 6.04 Å². The third-order valence-corrected chi connectivity index (χ3v) is 2.38. The first-order chi connectivity index (χ1) is 8.15. The van der Waals surface area contributed by atoms with Gasteiger partial charge in [0.25, 0.3) is 0 Å². The van der Waals surface area contributed by atoms with Crippen molar-refractivity contribution in [2.75, 3.05) is 7.11 Å². The lowest BCUT2D eigenvalue weighted by molar-refractivity contribution is -0.145. The van der Waals surface area contributed by atoms with Crippen molar-refractivity contribution >= 4 is 11.9 Å². The molecule has 1 amide bonds. The highest BCUT2D eigenvalue weighted by atomic mass is 16.5. The highest BCUT2D eigenvalue weighted by Gasteiger charge is 2.19. The zero-order valence-corrected chi connectivity index (χ0v) is 10.6. The predicted octanol–water partition coefficient (Wildman–Crippen LogP) is 1.96. The smallest absolute Gasteiger partial charge is 0.328 e. The lowest BCUT2D eigenvalue weighted by atomic mass is 10.1. The van der Waals surface area contributed by atoms with Crippen molar-refractivity contribution in [1.82, 2.24) is 5.32 Å². The lowest BCUT2D eigenvalue weighted by Crippen LogP contribution is -2.41. The molecular formula is C13H21NO3. The van der Waals surface area contributed by atoms with E-state index in [1.54, 1.807) is 6.92 Å². The first-order valence-corrected chi connectivity index (χ1v) is 5.87. The Morgan fingerprint density at radius 3 is 2.71 bits per heavy atom. The normalized spacial score (nSPS) is 11.2. The first-order valence-electron chi connectivity index (χ1n) is 5.87. The summed E-state index contributed by atoms with van der Waals surface area (Å²) in [6.07, 6.45) is 5.51. The molecule has 0 saturated heterocycles. The monoisotopic (exact) mass is 239 g/mol. The largest absolute Gasteiger partial charge is 0.467 e. The van der Waals surface area contributed by atoms with Gasteiger partial charge in [0, 0.05) is 6.42 Å². The van der Waals surface area contributed by atoms with E-state index in [0.717, 1.165) is 19.3 Å². The van der Waals surface area contributed by atoms with Gasteiger partial charge in [-0.25, -0.2) is 4.79 Å². The Bertz CT molecular complexity index is 293. The van der Waals surface area contributed by atoms with Gasteiger partial charge in [0.05, 0.1) is 7.11 Å². The molecule has 0 fully saturated rings. The van der Waals surface area contributed by atoms with Crippen molar-refractivity contribution in [1.29, 1.82) is 0 Å². The summed E-state index contributed by atoms with van der Waals surface area (Å²) in [5.74, 6) is -0.516. The number of amides is 1. The molecule has 0 aliphatic rings. The van der Waals surface area contributed by atoms with E-state index in [-0.39, 0.29) is 11.9 Å². The molecule has 1 atom stereocenters. The van der Waals surface area contributed by atoms with E-state index in [9.17, 15) is 9.59 Å². The summed E-state index contributed by atoms with van der Waals surface area (Å²) in [6, 6.07) is -0.528. The van der Waals surface area contributed by atoms with Crippen molar-refractivity contribution in [2.45, 2.75) is 45.1 Å². The van der Waals surface area contributed by atoms with Gasteiger partial charge in [-0.05, 0) is 25.3 Å². The van der Waals surface area contributed by atoms with Crippen LogP contribution in [0.25, 0.3) is 0 Å². The minimum absolute atomic E-state index is 0.133. The molecule has 0 aliphatic carbocycles. The number of hydrogen-bond acceptors (Lipinski definition) is 3. The maximum Gasteiger partial charge on any atom is 0.328 e. The number of ether oxygens (including phenoxy) is 1. The number of rotatable bonds is 8. The molecule has 1 N–H and O–H groups in total. The van der Waals surface area contributed by atoms with Crippen molar-refractivity contribution in [3.8, 4) is 0 Å². The topological polar surface area (TPSA) is 55.4 Å². The number of nitrogens with one attached hydrogen (secondary N) is 1. The molecule has 1 unspecified atom stereocenters.